The summed E-state index contributed by atoms with van der Waals surface area (Å²) in [6.45, 7) is 12.5. The molecule has 26 heteroatoms. The minimum Gasteiger partial charge on any atom is -0.469 e. The van der Waals surface area contributed by atoms with E-state index in [0.717, 1.165) is 36.2 Å². The lowest BCUT2D eigenvalue weighted by atomic mass is 10.1. The maximum Gasteiger partial charge on any atom is 0.329 e. The molecule has 0 aliphatic heterocycles. The third-order valence-corrected chi connectivity index (χ3v) is 14.0. The smallest absolute Gasteiger partial charge is 0.329 e. The third kappa shape index (κ3) is 33.8. The number of H-pyrrole nitrogens is 1. The molecule has 0 aliphatic carbocycles. The van der Waals surface area contributed by atoms with Crippen molar-refractivity contribution in [2.45, 2.75) is 117 Å². The maximum absolute atomic E-state index is 11.0. The van der Waals surface area contributed by atoms with Gasteiger partial charge < -0.3 is 24.4 Å². The molecule has 7 aromatic rings. The molecule has 420 valence electrons. The van der Waals surface area contributed by atoms with Gasteiger partial charge in [-0.05, 0) is 96.8 Å². The zero-order valence-corrected chi connectivity index (χ0v) is 51.5. The zero-order valence-electron chi connectivity index (χ0n) is 43.9. The lowest BCUT2D eigenvalue weighted by Crippen LogP contribution is -2.21. The molecule has 0 saturated heterocycles. The monoisotopic (exact) mass is 1360 g/mol. The molecule has 0 bridgehead atoms. The van der Waals surface area contributed by atoms with Gasteiger partial charge in [-0.2, -0.15) is 25.5 Å². The molecule has 0 amide bonds. The number of aliphatic hydroxyl groups is 2. The van der Waals surface area contributed by atoms with Crippen LogP contribution in [-0.4, -0.2) is 118 Å². The van der Waals surface area contributed by atoms with Crippen LogP contribution in [0.2, 0.25) is 0 Å². The summed E-state index contributed by atoms with van der Waals surface area (Å²) in [6, 6.07) is 20.7. The average Bonchev–Trinajstić information content (AvgIpc) is 4.29. The molecule has 0 unspecified atom stereocenters. The van der Waals surface area contributed by atoms with Gasteiger partial charge in [-0.25, -0.2) is 13.2 Å². The largest absolute Gasteiger partial charge is 0.469 e. The van der Waals surface area contributed by atoms with E-state index in [0.29, 0.717) is 45.3 Å². The first-order chi connectivity index (χ1) is 36.4. The van der Waals surface area contributed by atoms with E-state index >= 15 is 0 Å². The summed E-state index contributed by atoms with van der Waals surface area (Å²) in [6.07, 6.45) is 20.5. The summed E-state index contributed by atoms with van der Waals surface area (Å²) < 4.78 is 44.1. The number of halogens is 3. The number of hydrogen-bond acceptors (Lipinski definition) is 17. The fourth-order valence-electron chi connectivity index (χ4n) is 5.33. The molecule has 0 atom stereocenters. The molecule has 0 spiro atoms. The molecule has 0 fully saturated rings. The number of aromatic nitrogens is 10. The molecule has 0 aliphatic rings. The molecular weight excluding hydrogens is 1300 g/mol. The van der Waals surface area contributed by atoms with Gasteiger partial charge in [-0.3, -0.25) is 33.4 Å². The summed E-state index contributed by atoms with van der Waals surface area (Å²) in [5.41, 5.74) is 1.17. The molecule has 77 heavy (non-hydrogen) atoms. The van der Waals surface area contributed by atoms with Gasteiger partial charge in [0.25, 0.3) is 9.05 Å². The third-order valence-electron chi connectivity index (χ3n) is 9.49. The van der Waals surface area contributed by atoms with Crippen molar-refractivity contribution in [3.63, 3.8) is 0 Å². The Morgan fingerprint density at radius 3 is 1.40 bits per heavy atom. The number of rotatable bonds is 20. The van der Waals surface area contributed by atoms with Crippen LogP contribution >= 0.6 is 79.4 Å². The SMILES string of the molecule is C=CC(=O)OC.CC(C)(O)CCn1cc(S(=O)(=O)Cl)cn1.CC(C)(O)CCn1cc(SCc2ccccc2)cn1.COC(=O)CCn1cc(I)cn1.COC(=O)CCn1cc(SCc2ccccc2)cn1.Ic1cn[nH]c1. The van der Waals surface area contributed by atoms with E-state index in [1.807, 2.05) is 80.0 Å². The molecule has 2 aromatic carbocycles. The van der Waals surface area contributed by atoms with E-state index < -0.39 is 26.2 Å². The van der Waals surface area contributed by atoms with Crippen LogP contribution in [-0.2, 0) is 75.3 Å². The Labute approximate surface area is 490 Å². The molecular formula is C51H67ClI2N10O10S3. The molecule has 7 rings (SSSR count). The lowest BCUT2D eigenvalue weighted by molar-refractivity contribution is -0.141. The van der Waals surface area contributed by atoms with Crippen LogP contribution in [0.3, 0.4) is 0 Å². The number of thioether (sulfide) groups is 2. The highest BCUT2D eigenvalue weighted by molar-refractivity contribution is 14.1. The van der Waals surface area contributed by atoms with Crippen LogP contribution in [0, 0.1) is 7.14 Å². The first-order valence-corrected chi connectivity index (χ1v) is 29.8. The van der Waals surface area contributed by atoms with E-state index in [1.54, 1.807) is 59.1 Å². The summed E-state index contributed by atoms with van der Waals surface area (Å²) in [4.78, 5) is 33.8. The van der Waals surface area contributed by atoms with E-state index in [2.05, 4.69) is 133 Å². The van der Waals surface area contributed by atoms with E-state index in [1.165, 1.54) is 54.4 Å². The normalized spacial score (nSPS) is 10.8. The second kappa shape index (κ2) is 36.9. The first kappa shape index (κ1) is 68.1. The standard InChI is InChI=1S/C15H20N2OS.C14H16N2O2S.C8H13ClN2O3S.C7H9IN2O2.C4H6O2.C3H3IN2/c1-15(2,18)8-9-17-11-14(10-16-17)19-12-13-6-4-3-5-7-13;1-18-14(17)7-8-16-10-13(9-15-16)19-11-12-5-3-2-4-6-12;1-8(2,12)3-4-11-6-7(5-10-11)15(9,13)14;1-12-7(11)2-3-10-5-6(8)4-9-10;1-3-4(5)6-2;4-3-1-5-6-2-3/h3-7,10-11,18H,8-9,12H2,1-2H3;2-6,9-10H,7-8,11H2,1H3;5-6,12H,3-4H2,1-2H3;4-5H,2-3H2,1H3;3H,1H2,2H3;1-2H,(H,5,6). The van der Waals surface area contributed by atoms with Gasteiger partial charge in [0.1, 0.15) is 4.90 Å². The van der Waals surface area contributed by atoms with Crippen molar-refractivity contribution in [1.29, 1.82) is 0 Å². The Hall–Kier alpha value is -5.04. The quantitative estimate of drug-likeness (QED) is 0.0160. The van der Waals surface area contributed by atoms with Gasteiger partial charge in [-0.15, -0.1) is 23.5 Å². The number of methoxy groups -OCH3 is 3. The number of carbonyl (C=O) groups is 3. The second-order valence-corrected chi connectivity index (χ2v) is 24.3. The fourth-order valence-corrected chi connectivity index (χ4v) is 8.40. The minimum absolute atomic E-state index is 0.0279. The summed E-state index contributed by atoms with van der Waals surface area (Å²) in [5.74, 6) is 1.06. The van der Waals surface area contributed by atoms with Crippen LogP contribution < -0.4 is 0 Å². The Balaban J connectivity index is 0.000000330. The Kier molecular flexibility index (Phi) is 32.7. The molecule has 20 nitrogen and oxygen atoms in total. The highest BCUT2D eigenvalue weighted by Crippen LogP contribution is 2.23. The van der Waals surface area contributed by atoms with Gasteiger partial charge in [0.2, 0.25) is 0 Å². The average molecular weight is 1370 g/mol. The van der Waals surface area contributed by atoms with Gasteiger partial charge in [-0.1, -0.05) is 67.2 Å². The lowest BCUT2D eigenvalue weighted by Gasteiger charge is -2.16. The number of nitrogens with zero attached hydrogens (tertiary/aromatic N) is 9. The summed E-state index contributed by atoms with van der Waals surface area (Å²) in [5, 5.41) is 41.9. The van der Waals surface area contributed by atoms with Crippen molar-refractivity contribution in [3.05, 3.63) is 154 Å². The number of hydrogen-bond donors (Lipinski definition) is 3. The van der Waals surface area contributed by atoms with Crippen molar-refractivity contribution in [2.75, 3.05) is 21.3 Å². The second-order valence-electron chi connectivity index (χ2n) is 17.1. The minimum atomic E-state index is -3.71. The number of benzene rings is 2. The summed E-state index contributed by atoms with van der Waals surface area (Å²) >= 11 is 7.87. The molecule has 3 N–H and O–H groups in total. The van der Waals surface area contributed by atoms with Crippen LogP contribution in [0.1, 0.15) is 64.5 Å². The van der Waals surface area contributed by atoms with E-state index in [-0.39, 0.29) is 16.8 Å². The van der Waals surface area contributed by atoms with Crippen molar-refractivity contribution in [3.8, 4) is 0 Å². The van der Waals surface area contributed by atoms with Crippen molar-refractivity contribution < 1.29 is 47.2 Å². The van der Waals surface area contributed by atoms with Crippen molar-refractivity contribution in [2.24, 2.45) is 0 Å². The van der Waals surface area contributed by atoms with Crippen molar-refractivity contribution in [1.82, 2.24) is 49.3 Å². The molecule has 5 heterocycles. The van der Waals surface area contributed by atoms with Gasteiger partial charge in [0.15, 0.2) is 0 Å². The number of nitrogens with one attached hydrogen (secondary N) is 1. The zero-order chi connectivity index (χ0) is 57.3. The number of aromatic amines is 1. The Morgan fingerprint density at radius 2 is 1.08 bits per heavy atom. The topological polar surface area (TPSA) is 253 Å². The van der Waals surface area contributed by atoms with Crippen LogP contribution in [0.15, 0.2) is 150 Å². The van der Waals surface area contributed by atoms with Crippen LogP contribution in [0.25, 0.3) is 0 Å². The highest BCUT2D eigenvalue weighted by atomic mass is 127. The Bertz CT molecular complexity index is 2850. The predicted octanol–water partition coefficient (Wildman–Crippen LogP) is 9.46. The number of aryl methyl sites for hydroxylation is 4. The van der Waals surface area contributed by atoms with E-state index in [4.69, 9.17) is 10.7 Å². The highest BCUT2D eigenvalue weighted by Gasteiger charge is 2.16. The molecule has 0 saturated carbocycles. The van der Waals surface area contributed by atoms with E-state index in [9.17, 15) is 33.0 Å². The fraction of sp³-hybridized carbons (Fsp3) is 0.373. The summed E-state index contributed by atoms with van der Waals surface area (Å²) in [7, 11) is 5.51. The van der Waals surface area contributed by atoms with Crippen LogP contribution in [0.4, 0.5) is 0 Å². The van der Waals surface area contributed by atoms with Crippen LogP contribution in [0.5, 0.6) is 0 Å². The maximum atomic E-state index is 11.0. The number of carbonyl (C=O) groups excluding carboxylic acids is 3. The number of ether oxygens (including phenoxy) is 3. The van der Waals surface area contributed by atoms with Gasteiger partial charge in [0, 0.05) is 82.1 Å². The first-order valence-electron chi connectivity index (χ1n) is 23.4. The predicted molar refractivity (Wildman–Crippen MR) is 315 cm³/mol. The molecule has 5 aromatic heterocycles. The Morgan fingerprint density at radius 1 is 0.649 bits per heavy atom. The van der Waals surface area contributed by atoms with Gasteiger partial charge >= 0.3 is 17.9 Å². The van der Waals surface area contributed by atoms with Gasteiger partial charge in [0.05, 0.1) is 96.6 Å². The number of esters is 3. The molecule has 0 radical (unpaired) electrons. The van der Waals surface area contributed by atoms with Crippen molar-refractivity contribution >= 4 is 106 Å².